The Morgan fingerprint density at radius 3 is 2.73 bits per heavy atom. The molecular weight excluding hydrogens is 319 g/mol. The molecule has 0 saturated carbocycles. The Balaban J connectivity index is 0.00000176. The lowest BCUT2D eigenvalue weighted by atomic mass is 9.99. The van der Waals surface area contributed by atoms with E-state index in [0.717, 1.165) is 24.0 Å². The maximum absolute atomic E-state index is 12.8. The van der Waals surface area contributed by atoms with Gasteiger partial charge in [0.15, 0.2) is 5.69 Å². The SMILES string of the molecule is CC1NCCc2c1nn(C)c2-c1cncc(C(F)(F)F)n1.Cl. The minimum absolute atomic E-state index is 0. The van der Waals surface area contributed by atoms with Gasteiger partial charge < -0.3 is 5.32 Å². The summed E-state index contributed by atoms with van der Waals surface area (Å²) >= 11 is 0. The van der Waals surface area contributed by atoms with Gasteiger partial charge in [0.2, 0.25) is 0 Å². The molecule has 1 aliphatic rings. The first-order valence-electron chi connectivity index (χ1n) is 6.56. The number of nitrogens with one attached hydrogen (secondary N) is 1. The first kappa shape index (κ1) is 16.7. The number of aryl methyl sites for hydroxylation is 1. The average molecular weight is 334 g/mol. The highest BCUT2D eigenvalue weighted by atomic mass is 35.5. The van der Waals surface area contributed by atoms with E-state index in [1.807, 2.05) is 6.92 Å². The first-order chi connectivity index (χ1) is 9.88. The van der Waals surface area contributed by atoms with Crippen LogP contribution in [-0.4, -0.2) is 26.3 Å². The van der Waals surface area contributed by atoms with Gasteiger partial charge in [-0.1, -0.05) is 0 Å². The van der Waals surface area contributed by atoms with Gasteiger partial charge in [-0.05, 0) is 19.9 Å². The van der Waals surface area contributed by atoms with E-state index in [-0.39, 0.29) is 24.1 Å². The van der Waals surface area contributed by atoms with Crippen molar-refractivity contribution in [3.8, 4) is 11.4 Å². The van der Waals surface area contributed by atoms with Gasteiger partial charge in [0, 0.05) is 18.7 Å². The average Bonchev–Trinajstić information content (AvgIpc) is 2.76. The molecule has 1 atom stereocenters. The molecule has 0 aliphatic carbocycles. The highest BCUT2D eigenvalue weighted by Gasteiger charge is 2.34. The predicted molar refractivity (Wildman–Crippen MR) is 76.6 cm³/mol. The van der Waals surface area contributed by atoms with Crippen molar-refractivity contribution in [3.63, 3.8) is 0 Å². The Hall–Kier alpha value is -1.67. The summed E-state index contributed by atoms with van der Waals surface area (Å²) in [5.74, 6) is 0. The summed E-state index contributed by atoms with van der Waals surface area (Å²) < 4.78 is 39.9. The summed E-state index contributed by atoms with van der Waals surface area (Å²) in [5.41, 5.74) is 1.62. The summed E-state index contributed by atoms with van der Waals surface area (Å²) in [6.07, 6.45) is -1.72. The maximum Gasteiger partial charge on any atom is 0.434 e. The Morgan fingerprint density at radius 2 is 2.05 bits per heavy atom. The van der Waals surface area contributed by atoms with Crippen molar-refractivity contribution < 1.29 is 13.2 Å². The summed E-state index contributed by atoms with van der Waals surface area (Å²) in [6.45, 7) is 2.74. The quantitative estimate of drug-likeness (QED) is 0.871. The fourth-order valence-corrected chi connectivity index (χ4v) is 2.63. The second kappa shape index (κ2) is 5.85. The smallest absolute Gasteiger partial charge is 0.308 e. The van der Waals surface area contributed by atoms with E-state index in [1.54, 1.807) is 11.7 Å². The molecule has 3 rings (SSSR count). The third-order valence-electron chi connectivity index (χ3n) is 3.58. The molecule has 0 aromatic carbocycles. The minimum atomic E-state index is -4.50. The molecule has 2 aromatic heterocycles. The van der Waals surface area contributed by atoms with Crippen LogP contribution in [0.2, 0.25) is 0 Å². The van der Waals surface area contributed by atoms with Crippen molar-refractivity contribution in [2.24, 2.45) is 7.05 Å². The van der Waals surface area contributed by atoms with Crippen LogP contribution in [0.1, 0.15) is 29.9 Å². The molecule has 0 bridgehead atoms. The lowest BCUT2D eigenvalue weighted by Gasteiger charge is -2.19. The van der Waals surface area contributed by atoms with Gasteiger partial charge in [-0.15, -0.1) is 12.4 Å². The van der Waals surface area contributed by atoms with Crippen molar-refractivity contribution in [1.29, 1.82) is 0 Å². The monoisotopic (exact) mass is 333 g/mol. The zero-order valence-electron chi connectivity index (χ0n) is 12.0. The van der Waals surface area contributed by atoms with E-state index in [2.05, 4.69) is 20.4 Å². The van der Waals surface area contributed by atoms with Gasteiger partial charge in [0.05, 0.1) is 23.8 Å². The number of hydrogen-bond acceptors (Lipinski definition) is 4. The van der Waals surface area contributed by atoms with Crippen molar-refractivity contribution in [2.45, 2.75) is 25.6 Å². The van der Waals surface area contributed by atoms with Crippen LogP contribution in [0.25, 0.3) is 11.4 Å². The van der Waals surface area contributed by atoms with Crippen LogP contribution in [-0.2, 0) is 19.6 Å². The number of fused-ring (bicyclic) bond motifs is 1. The van der Waals surface area contributed by atoms with Gasteiger partial charge in [0.1, 0.15) is 5.69 Å². The summed E-state index contributed by atoms with van der Waals surface area (Å²) in [5, 5.41) is 7.68. The lowest BCUT2D eigenvalue weighted by molar-refractivity contribution is -0.141. The normalized spacial score (nSPS) is 17.8. The zero-order valence-corrected chi connectivity index (χ0v) is 12.8. The second-order valence-electron chi connectivity index (χ2n) is 5.05. The fraction of sp³-hybridized carbons (Fsp3) is 0.462. The maximum atomic E-state index is 12.8. The van der Waals surface area contributed by atoms with E-state index in [4.69, 9.17) is 0 Å². The van der Waals surface area contributed by atoms with E-state index in [9.17, 15) is 13.2 Å². The zero-order chi connectivity index (χ0) is 15.2. The van der Waals surface area contributed by atoms with Crippen LogP contribution in [0.3, 0.4) is 0 Å². The van der Waals surface area contributed by atoms with Gasteiger partial charge in [-0.25, -0.2) is 4.98 Å². The molecular formula is C13H15ClF3N5. The molecule has 1 aliphatic heterocycles. The highest BCUT2D eigenvalue weighted by Crippen LogP contribution is 2.32. The number of halogens is 4. The van der Waals surface area contributed by atoms with Gasteiger partial charge in [-0.3, -0.25) is 9.67 Å². The third-order valence-corrected chi connectivity index (χ3v) is 3.58. The summed E-state index contributed by atoms with van der Waals surface area (Å²) in [6, 6.07) is 0.0763. The van der Waals surface area contributed by atoms with Crippen molar-refractivity contribution in [3.05, 3.63) is 29.3 Å². The molecule has 0 amide bonds. The molecule has 1 N–H and O–H groups in total. The second-order valence-corrected chi connectivity index (χ2v) is 5.05. The number of rotatable bonds is 1. The van der Waals surface area contributed by atoms with Crippen molar-refractivity contribution >= 4 is 12.4 Å². The van der Waals surface area contributed by atoms with Crippen LogP contribution < -0.4 is 5.32 Å². The summed E-state index contributed by atoms with van der Waals surface area (Å²) in [4.78, 5) is 7.39. The molecule has 22 heavy (non-hydrogen) atoms. The van der Waals surface area contributed by atoms with Gasteiger partial charge in [0.25, 0.3) is 0 Å². The molecule has 0 fully saturated rings. The Morgan fingerprint density at radius 1 is 1.32 bits per heavy atom. The Labute approximate surface area is 131 Å². The largest absolute Gasteiger partial charge is 0.434 e. The molecule has 120 valence electrons. The van der Waals surface area contributed by atoms with Gasteiger partial charge in [-0.2, -0.15) is 18.3 Å². The molecule has 5 nitrogen and oxygen atoms in total. The predicted octanol–water partition coefficient (Wildman–Crippen LogP) is 2.52. The van der Waals surface area contributed by atoms with Crippen LogP contribution in [0.4, 0.5) is 13.2 Å². The lowest BCUT2D eigenvalue weighted by Crippen LogP contribution is -2.27. The van der Waals surface area contributed by atoms with E-state index in [0.29, 0.717) is 12.1 Å². The third kappa shape index (κ3) is 2.80. The van der Waals surface area contributed by atoms with E-state index < -0.39 is 11.9 Å². The summed E-state index contributed by atoms with van der Waals surface area (Å²) in [7, 11) is 1.71. The van der Waals surface area contributed by atoms with Crippen LogP contribution >= 0.6 is 12.4 Å². The number of nitrogens with zero attached hydrogens (tertiary/aromatic N) is 4. The Kier molecular flexibility index (Phi) is 4.44. The topological polar surface area (TPSA) is 55.6 Å². The van der Waals surface area contributed by atoms with Crippen LogP contribution in [0, 0.1) is 0 Å². The van der Waals surface area contributed by atoms with Crippen LogP contribution in [0.5, 0.6) is 0 Å². The van der Waals surface area contributed by atoms with Gasteiger partial charge >= 0.3 is 6.18 Å². The van der Waals surface area contributed by atoms with Crippen molar-refractivity contribution in [1.82, 2.24) is 25.1 Å². The molecule has 0 saturated heterocycles. The molecule has 2 aromatic rings. The molecule has 1 unspecified atom stereocenters. The number of aromatic nitrogens is 4. The minimum Gasteiger partial charge on any atom is -0.308 e. The highest BCUT2D eigenvalue weighted by molar-refractivity contribution is 5.85. The number of alkyl halides is 3. The molecule has 9 heteroatoms. The number of hydrogen-bond donors (Lipinski definition) is 1. The molecule has 0 radical (unpaired) electrons. The first-order valence-corrected chi connectivity index (χ1v) is 6.56. The van der Waals surface area contributed by atoms with E-state index >= 15 is 0 Å². The van der Waals surface area contributed by atoms with E-state index in [1.165, 1.54) is 6.20 Å². The molecule has 0 spiro atoms. The Bertz CT molecular complexity index is 683. The fourth-order valence-electron chi connectivity index (χ4n) is 2.63. The standard InChI is InChI=1S/C13H14F3N5.ClH/c1-7-11-8(3-4-18-7)12(21(2)20-11)9-5-17-6-10(19-9)13(14,15)16;/h5-7,18H,3-4H2,1-2H3;1H. The molecule has 3 heterocycles. The van der Waals surface area contributed by atoms with Crippen LogP contribution in [0.15, 0.2) is 12.4 Å². The van der Waals surface area contributed by atoms with Crippen molar-refractivity contribution in [2.75, 3.05) is 6.54 Å².